The van der Waals surface area contributed by atoms with E-state index >= 15 is 0 Å². The molecule has 0 amide bonds. The number of rotatable bonds is 9. The van der Waals surface area contributed by atoms with Crippen molar-refractivity contribution >= 4 is 12.0 Å². The predicted molar refractivity (Wildman–Crippen MR) is 121 cm³/mol. The molecule has 1 fully saturated rings. The highest BCUT2D eigenvalue weighted by atomic mass is 16.7. The van der Waals surface area contributed by atoms with Crippen LogP contribution in [0.25, 0.3) is 6.08 Å². The van der Waals surface area contributed by atoms with Crippen LogP contribution in [0.15, 0.2) is 42.5 Å². The Labute approximate surface area is 201 Å². The van der Waals surface area contributed by atoms with Crippen LogP contribution in [0, 0.1) is 0 Å². The van der Waals surface area contributed by atoms with Gasteiger partial charge in [0.1, 0.15) is 18.3 Å². The van der Waals surface area contributed by atoms with E-state index in [1.807, 2.05) is 0 Å². The number of carbonyl (C=O) groups excluding carboxylic acids is 1. The fraction of sp³-hybridized carbons (Fsp3) is 0.375. The van der Waals surface area contributed by atoms with Crippen LogP contribution in [0.5, 0.6) is 23.0 Å². The standard InChI is InChI=1S/C24H28O11/c1-32-18-11-13(3-6-16(18)27)4-7-20(29)35-23-22(31)21(30)19(12-25)34-24(23)33-9-8-14-2-5-15(26)17(28)10-14/h2-7,10-11,19,21-28,30-31H,8-9,12H2,1H3/t19-,21-,22+,23-,24-/m1/s1. The summed E-state index contributed by atoms with van der Waals surface area (Å²) in [5, 5.41) is 58.8. The quantitative estimate of drug-likeness (QED) is 0.163. The third-order valence-corrected chi connectivity index (χ3v) is 5.41. The fourth-order valence-corrected chi connectivity index (χ4v) is 3.47. The molecule has 1 saturated heterocycles. The Bertz CT molecular complexity index is 1040. The summed E-state index contributed by atoms with van der Waals surface area (Å²) in [6.45, 7) is -0.597. The maximum Gasteiger partial charge on any atom is 0.331 e. The zero-order chi connectivity index (χ0) is 25.5. The van der Waals surface area contributed by atoms with E-state index in [2.05, 4.69) is 0 Å². The summed E-state index contributed by atoms with van der Waals surface area (Å²) in [4.78, 5) is 12.4. The molecule has 2 aromatic rings. The Hall–Kier alpha value is -3.35. The lowest BCUT2D eigenvalue weighted by atomic mass is 9.99. The minimum Gasteiger partial charge on any atom is -0.504 e. The Balaban J connectivity index is 1.67. The van der Waals surface area contributed by atoms with Gasteiger partial charge in [0.15, 0.2) is 35.4 Å². The largest absolute Gasteiger partial charge is 0.504 e. The van der Waals surface area contributed by atoms with E-state index in [4.69, 9.17) is 18.9 Å². The number of hydrogen-bond acceptors (Lipinski definition) is 11. The van der Waals surface area contributed by atoms with Crippen molar-refractivity contribution in [3.05, 3.63) is 53.6 Å². The number of benzene rings is 2. The first-order chi connectivity index (χ1) is 16.7. The van der Waals surface area contributed by atoms with Gasteiger partial charge >= 0.3 is 5.97 Å². The summed E-state index contributed by atoms with van der Waals surface area (Å²) in [6, 6.07) is 8.70. The monoisotopic (exact) mass is 492 g/mol. The van der Waals surface area contributed by atoms with E-state index in [9.17, 15) is 35.4 Å². The molecule has 3 rings (SSSR count). The van der Waals surface area contributed by atoms with Crippen molar-refractivity contribution < 1.29 is 54.4 Å². The van der Waals surface area contributed by atoms with Gasteiger partial charge in [-0.2, -0.15) is 0 Å². The molecule has 2 aromatic carbocycles. The predicted octanol–water partition coefficient (Wildman–Crippen LogP) is 0.435. The van der Waals surface area contributed by atoms with Crippen molar-refractivity contribution in [1.82, 2.24) is 0 Å². The minimum absolute atomic E-state index is 0.00698. The van der Waals surface area contributed by atoms with E-state index in [0.29, 0.717) is 11.1 Å². The van der Waals surface area contributed by atoms with Gasteiger partial charge in [-0.15, -0.1) is 0 Å². The van der Waals surface area contributed by atoms with E-state index in [0.717, 1.165) is 6.08 Å². The van der Waals surface area contributed by atoms with Crippen LogP contribution < -0.4 is 4.74 Å². The number of aliphatic hydroxyl groups excluding tert-OH is 3. The summed E-state index contributed by atoms with van der Waals surface area (Å²) in [6.07, 6.45) is -4.25. The van der Waals surface area contributed by atoms with Gasteiger partial charge in [0.05, 0.1) is 20.3 Å². The minimum atomic E-state index is -1.60. The second-order valence-electron chi connectivity index (χ2n) is 7.82. The number of aliphatic hydroxyl groups is 3. The van der Waals surface area contributed by atoms with Crippen molar-refractivity contribution in [2.24, 2.45) is 0 Å². The van der Waals surface area contributed by atoms with Crippen molar-refractivity contribution in [3.8, 4) is 23.0 Å². The average molecular weight is 492 g/mol. The zero-order valence-electron chi connectivity index (χ0n) is 18.9. The maximum atomic E-state index is 12.4. The first kappa shape index (κ1) is 26.3. The molecule has 11 nitrogen and oxygen atoms in total. The third kappa shape index (κ3) is 6.62. The van der Waals surface area contributed by atoms with Crippen LogP contribution in [0.4, 0.5) is 0 Å². The molecule has 0 aliphatic carbocycles. The Kier molecular flexibility index (Phi) is 8.90. The SMILES string of the molecule is COc1cc(C=CC(=O)O[C@H]2[C@H](OCCc3ccc(O)c(O)c3)O[C@H](CO)[C@@H](O)[C@@H]2O)ccc1O. The molecule has 190 valence electrons. The molecule has 0 unspecified atom stereocenters. The Morgan fingerprint density at radius 1 is 1.03 bits per heavy atom. The first-order valence-corrected chi connectivity index (χ1v) is 10.7. The number of carbonyl (C=O) groups is 1. The molecule has 0 saturated carbocycles. The topological polar surface area (TPSA) is 175 Å². The normalized spacial score (nSPS) is 24.4. The van der Waals surface area contributed by atoms with Crippen molar-refractivity contribution in [3.63, 3.8) is 0 Å². The molecule has 11 heteroatoms. The van der Waals surface area contributed by atoms with Crippen LogP contribution in [0.1, 0.15) is 11.1 Å². The molecule has 1 heterocycles. The molecule has 35 heavy (non-hydrogen) atoms. The van der Waals surface area contributed by atoms with Gasteiger partial charge in [0.2, 0.25) is 0 Å². The number of hydrogen-bond donors (Lipinski definition) is 6. The highest BCUT2D eigenvalue weighted by Crippen LogP contribution is 2.28. The van der Waals surface area contributed by atoms with Gasteiger partial charge in [-0.05, 0) is 47.9 Å². The van der Waals surface area contributed by atoms with Gasteiger partial charge in [0.25, 0.3) is 0 Å². The van der Waals surface area contributed by atoms with E-state index in [-0.39, 0.29) is 36.0 Å². The summed E-state index contributed by atoms with van der Waals surface area (Å²) >= 11 is 0. The van der Waals surface area contributed by atoms with E-state index in [1.54, 1.807) is 12.1 Å². The average Bonchev–Trinajstić information content (AvgIpc) is 2.85. The number of ether oxygens (including phenoxy) is 4. The van der Waals surface area contributed by atoms with Gasteiger partial charge in [-0.25, -0.2) is 4.79 Å². The number of aromatic hydroxyl groups is 3. The number of phenolic OH excluding ortho intramolecular Hbond substituents is 3. The number of methoxy groups -OCH3 is 1. The molecule has 1 aliphatic rings. The number of phenols is 3. The zero-order valence-corrected chi connectivity index (χ0v) is 18.9. The molecule has 5 atom stereocenters. The highest BCUT2D eigenvalue weighted by molar-refractivity contribution is 5.87. The smallest absolute Gasteiger partial charge is 0.331 e. The van der Waals surface area contributed by atoms with Crippen molar-refractivity contribution in [2.75, 3.05) is 20.3 Å². The second-order valence-corrected chi connectivity index (χ2v) is 7.82. The van der Waals surface area contributed by atoms with Crippen molar-refractivity contribution in [1.29, 1.82) is 0 Å². The van der Waals surface area contributed by atoms with Crippen LogP contribution in [-0.4, -0.2) is 87.6 Å². The molecule has 1 aliphatic heterocycles. The van der Waals surface area contributed by atoms with Crippen LogP contribution in [0.2, 0.25) is 0 Å². The van der Waals surface area contributed by atoms with E-state index < -0.39 is 43.3 Å². The fourth-order valence-electron chi connectivity index (χ4n) is 3.47. The number of esters is 1. The Morgan fingerprint density at radius 3 is 2.46 bits per heavy atom. The van der Waals surface area contributed by atoms with Gasteiger partial charge in [-0.3, -0.25) is 0 Å². The third-order valence-electron chi connectivity index (χ3n) is 5.41. The lowest BCUT2D eigenvalue weighted by Gasteiger charge is -2.41. The van der Waals surface area contributed by atoms with Gasteiger partial charge in [0, 0.05) is 6.08 Å². The van der Waals surface area contributed by atoms with Gasteiger partial charge in [-0.1, -0.05) is 12.1 Å². The molecule has 0 radical (unpaired) electrons. The molecule has 0 spiro atoms. The van der Waals surface area contributed by atoms with Crippen molar-refractivity contribution in [2.45, 2.75) is 37.1 Å². The van der Waals surface area contributed by atoms with E-state index in [1.165, 1.54) is 37.5 Å². The lowest BCUT2D eigenvalue weighted by molar-refractivity contribution is -0.303. The molecule has 6 N–H and O–H groups in total. The first-order valence-electron chi connectivity index (χ1n) is 10.7. The Morgan fingerprint density at radius 2 is 1.77 bits per heavy atom. The summed E-state index contributed by atoms with van der Waals surface area (Å²) in [7, 11) is 1.39. The van der Waals surface area contributed by atoms with Crippen LogP contribution in [-0.2, 0) is 25.4 Å². The van der Waals surface area contributed by atoms with Gasteiger partial charge < -0.3 is 49.6 Å². The molecular formula is C24H28O11. The summed E-state index contributed by atoms with van der Waals surface area (Å²) in [5.41, 5.74) is 1.17. The lowest BCUT2D eigenvalue weighted by Crippen LogP contribution is -2.60. The molecule has 0 aromatic heterocycles. The van der Waals surface area contributed by atoms with Crippen LogP contribution >= 0.6 is 0 Å². The highest BCUT2D eigenvalue weighted by Gasteiger charge is 2.47. The summed E-state index contributed by atoms with van der Waals surface area (Å²) < 4.78 is 21.4. The summed E-state index contributed by atoms with van der Waals surface area (Å²) in [5.74, 6) is -1.27. The van der Waals surface area contributed by atoms with Crippen LogP contribution in [0.3, 0.4) is 0 Å². The maximum absolute atomic E-state index is 12.4. The molecule has 0 bridgehead atoms. The molecular weight excluding hydrogens is 464 g/mol. The second kappa shape index (κ2) is 11.9.